The molecule has 0 N–H and O–H groups in total. The summed E-state index contributed by atoms with van der Waals surface area (Å²) in [4.78, 5) is 4.76. The van der Waals surface area contributed by atoms with Gasteiger partial charge < -0.3 is 9.30 Å². The Labute approximate surface area is 178 Å². The summed E-state index contributed by atoms with van der Waals surface area (Å²) in [7, 11) is 1.97. The van der Waals surface area contributed by atoms with Crippen LogP contribution in [0.1, 0.15) is 22.6 Å². The first kappa shape index (κ1) is 19.7. The summed E-state index contributed by atoms with van der Waals surface area (Å²) in [5.74, 6) is 2.43. The molecule has 29 heavy (non-hydrogen) atoms. The Balaban J connectivity index is 1.37. The van der Waals surface area contributed by atoms with Gasteiger partial charge in [-0.2, -0.15) is 0 Å². The van der Waals surface area contributed by atoms with Gasteiger partial charge in [-0.1, -0.05) is 59.8 Å². The number of thiazole rings is 1. The van der Waals surface area contributed by atoms with Gasteiger partial charge >= 0.3 is 0 Å². The minimum atomic E-state index is 0.392. The number of aromatic nitrogens is 4. The Morgan fingerprint density at radius 2 is 1.83 bits per heavy atom. The van der Waals surface area contributed by atoms with E-state index < -0.39 is 0 Å². The van der Waals surface area contributed by atoms with E-state index in [2.05, 4.69) is 46.8 Å². The molecule has 5 nitrogen and oxygen atoms in total. The average Bonchev–Trinajstić information content (AvgIpc) is 3.33. The fourth-order valence-electron chi connectivity index (χ4n) is 2.80. The summed E-state index contributed by atoms with van der Waals surface area (Å²) in [5, 5.41) is 12.6. The highest BCUT2D eigenvalue weighted by atomic mass is 32.2. The van der Waals surface area contributed by atoms with Crippen LogP contribution in [0.5, 0.6) is 5.75 Å². The normalized spacial score (nSPS) is 11.0. The number of hydrogen-bond donors (Lipinski definition) is 0. The van der Waals surface area contributed by atoms with Crippen LogP contribution in [0.15, 0.2) is 59.1 Å². The SMILES string of the molecule is Cc1ccc(-c2nc(CSc3nnc(COc4ccccc4C)n3C)cs2)cc1. The maximum atomic E-state index is 5.90. The van der Waals surface area contributed by atoms with E-state index in [1.807, 2.05) is 42.8 Å². The van der Waals surface area contributed by atoms with Crippen molar-refractivity contribution in [2.45, 2.75) is 31.4 Å². The highest BCUT2D eigenvalue weighted by molar-refractivity contribution is 7.98. The van der Waals surface area contributed by atoms with Crippen molar-refractivity contribution < 1.29 is 4.74 Å². The van der Waals surface area contributed by atoms with Gasteiger partial charge in [0.15, 0.2) is 11.0 Å². The van der Waals surface area contributed by atoms with Gasteiger partial charge in [0.25, 0.3) is 0 Å². The number of nitrogens with zero attached hydrogens (tertiary/aromatic N) is 4. The largest absolute Gasteiger partial charge is 0.485 e. The molecule has 0 amide bonds. The molecular formula is C22H22N4OS2. The fraction of sp³-hybridized carbons (Fsp3) is 0.227. The van der Waals surface area contributed by atoms with Gasteiger partial charge in [0.1, 0.15) is 17.4 Å². The number of hydrogen-bond acceptors (Lipinski definition) is 6. The number of rotatable bonds is 7. The highest BCUT2D eigenvalue weighted by Gasteiger charge is 2.12. The van der Waals surface area contributed by atoms with Crippen LogP contribution >= 0.6 is 23.1 Å². The molecule has 0 atom stereocenters. The van der Waals surface area contributed by atoms with Crippen molar-refractivity contribution in [3.63, 3.8) is 0 Å². The molecule has 0 saturated carbocycles. The molecule has 0 fully saturated rings. The van der Waals surface area contributed by atoms with E-state index in [-0.39, 0.29) is 0 Å². The predicted molar refractivity (Wildman–Crippen MR) is 118 cm³/mol. The molecule has 2 aromatic carbocycles. The first-order chi connectivity index (χ1) is 14.1. The molecule has 4 rings (SSSR count). The van der Waals surface area contributed by atoms with Crippen molar-refractivity contribution >= 4 is 23.1 Å². The summed E-state index contributed by atoms with van der Waals surface area (Å²) < 4.78 is 7.88. The van der Waals surface area contributed by atoms with Gasteiger partial charge in [-0.05, 0) is 25.5 Å². The molecule has 0 unspecified atom stereocenters. The maximum Gasteiger partial charge on any atom is 0.191 e. The van der Waals surface area contributed by atoms with Gasteiger partial charge in [0.2, 0.25) is 0 Å². The molecule has 0 aliphatic heterocycles. The molecule has 7 heteroatoms. The summed E-state index contributed by atoms with van der Waals surface area (Å²) in [6, 6.07) is 16.4. The van der Waals surface area contributed by atoms with Gasteiger partial charge in [-0.15, -0.1) is 21.5 Å². The van der Waals surface area contributed by atoms with Crippen molar-refractivity contribution in [2.24, 2.45) is 7.05 Å². The van der Waals surface area contributed by atoms with E-state index in [1.54, 1.807) is 23.1 Å². The summed E-state index contributed by atoms with van der Waals surface area (Å²) in [6.07, 6.45) is 0. The Bertz CT molecular complexity index is 1100. The molecule has 0 saturated heterocycles. The van der Waals surface area contributed by atoms with Crippen LogP contribution < -0.4 is 4.74 Å². The van der Waals surface area contributed by atoms with Gasteiger partial charge in [0, 0.05) is 23.7 Å². The van der Waals surface area contributed by atoms with Gasteiger partial charge in [0.05, 0.1) is 5.69 Å². The third-order valence-electron chi connectivity index (χ3n) is 4.57. The second-order valence-electron chi connectivity index (χ2n) is 6.81. The van der Waals surface area contributed by atoms with Crippen molar-refractivity contribution in [3.05, 3.63) is 76.6 Å². The van der Waals surface area contributed by atoms with Crippen LogP contribution in [0.3, 0.4) is 0 Å². The Hall–Kier alpha value is -2.64. The lowest BCUT2D eigenvalue weighted by Gasteiger charge is -2.08. The summed E-state index contributed by atoms with van der Waals surface area (Å²) >= 11 is 3.31. The third-order valence-corrected chi connectivity index (χ3v) is 6.57. The van der Waals surface area contributed by atoms with Crippen molar-refractivity contribution in [1.82, 2.24) is 19.7 Å². The molecule has 0 aliphatic carbocycles. The van der Waals surface area contributed by atoms with Crippen LogP contribution in [0.4, 0.5) is 0 Å². The van der Waals surface area contributed by atoms with Crippen molar-refractivity contribution in [3.8, 4) is 16.3 Å². The number of aryl methyl sites for hydroxylation is 2. The lowest BCUT2D eigenvalue weighted by atomic mass is 10.2. The number of ether oxygens (including phenoxy) is 1. The maximum absolute atomic E-state index is 5.90. The first-order valence-corrected chi connectivity index (χ1v) is 11.2. The quantitative estimate of drug-likeness (QED) is 0.372. The van der Waals surface area contributed by atoms with E-state index >= 15 is 0 Å². The lowest BCUT2D eigenvalue weighted by molar-refractivity contribution is 0.288. The highest BCUT2D eigenvalue weighted by Crippen LogP contribution is 2.28. The van der Waals surface area contributed by atoms with Crippen LogP contribution in [-0.2, 0) is 19.4 Å². The second-order valence-corrected chi connectivity index (χ2v) is 8.61. The number of thioether (sulfide) groups is 1. The summed E-state index contributed by atoms with van der Waals surface area (Å²) in [6.45, 7) is 4.52. The Kier molecular flexibility index (Phi) is 5.97. The fourth-order valence-corrected chi connectivity index (χ4v) is 4.55. The minimum absolute atomic E-state index is 0.392. The van der Waals surface area contributed by atoms with Gasteiger partial charge in [-0.3, -0.25) is 0 Å². The molecule has 4 aromatic rings. The molecular weight excluding hydrogens is 400 g/mol. The van der Waals surface area contributed by atoms with Crippen LogP contribution in [0.25, 0.3) is 10.6 Å². The van der Waals surface area contributed by atoms with Crippen LogP contribution in [0, 0.1) is 13.8 Å². The minimum Gasteiger partial charge on any atom is -0.485 e. The molecule has 0 spiro atoms. The number of benzene rings is 2. The smallest absolute Gasteiger partial charge is 0.191 e. The zero-order chi connectivity index (χ0) is 20.2. The van der Waals surface area contributed by atoms with E-state index in [0.717, 1.165) is 44.3 Å². The average molecular weight is 423 g/mol. The monoisotopic (exact) mass is 422 g/mol. The second kappa shape index (κ2) is 8.80. The molecule has 0 bridgehead atoms. The molecule has 2 heterocycles. The first-order valence-electron chi connectivity index (χ1n) is 9.31. The molecule has 0 aliphatic rings. The molecule has 148 valence electrons. The van der Waals surface area contributed by atoms with E-state index in [0.29, 0.717) is 6.61 Å². The molecule has 2 aromatic heterocycles. The molecule has 0 radical (unpaired) electrons. The number of para-hydroxylation sites is 1. The van der Waals surface area contributed by atoms with E-state index in [4.69, 9.17) is 9.72 Å². The summed E-state index contributed by atoms with van der Waals surface area (Å²) in [5.41, 5.74) is 4.57. The predicted octanol–water partition coefficient (Wildman–Crippen LogP) is 5.43. The lowest BCUT2D eigenvalue weighted by Crippen LogP contribution is -2.04. The third kappa shape index (κ3) is 4.68. The van der Waals surface area contributed by atoms with Gasteiger partial charge in [-0.25, -0.2) is 4.98 Å². The Morgan fingerprint density at radius 1 is 1.03 bits per heavy atom. The topological polar surface area (TPSA) is 52.8 Å². The van der Waals surface area contributed by atoms with Crippen molar-refractivity contribution in [2.75, 3.05) is 0 Å². The van der Waals surface area contributed by atoms with Crippen LogP contribution in [0.2, 0.25) is 0 Å². The zero-order valence-electron chi connectivity index (χ0n) is 16.6. The zero-order valence-corrected chi connectivity index (χ0v) is 18.3. The Morgan fingerprint density at radius 3 is 2.62 bits per heavy atom. The van der Waals surface area contributed by atoms with Crippen molar-refractivity contribution in [1.29, 1.82) is 0 Å². The van der Waals surface area contributed by atoms with Crippen LogP contribution in [-0.4, -0.2) is 19.7 Å². The van der Waals surface area contributed by atoms with E-state index in [9.17, 15) is 0 Å². The van der Waals surface area contributed by atoms with E-state index in [1.165, 1.54) is 5.56 Å². The standard InChI is InChI=1S/C22H22N4OS2/c1-15-8-10-17(11-9-15)21-23-18(13-28-21)14-29-22-25-24-20(26(22)3)12-27-19-7-5-4-6-16(19)2/h4-11,13H,12,14H2,1-3H3.